The van der Waals surface area contributed by atoms with Gasteiger partial charge >= 0.3 is 0 Å². The molecule has 1 heterocycles. The Labute approximate surface area is 125 Å². The fraction of sp³-hybridized carbons (Fsp3) is 0.500. The summed E-state index contributed by atoms with van der Waals surface area (Å²) in [6.45, 7) is 2.97. The molecule has 0 saturated carbocycles. The van der Waals surface area contributed by atoms with E-state index in [-0.39, 0.29) is 17.6 Å². The second kappa shape index (κ2) is 6.44. The van der Waals surface area contributed by atoms with E-state index >= 15 is 0 Å². The maximum absolute atomic E-state index is 11.9. The van der Waals surface area contributed by atoms with Crippen LogP contribution in [0.1, 0.15) is 13.3 Å². The standard InChI is InChI=1S/C14H21N3O3S/c1-11(10-15-2)14(18)16-12-4-6-13(7-5-12)17-8-3-9-21(17,19)20/h4-7,11,15H,3,8-10H2,1-2H3,(H,16,18). The van der Waals surface area contributed by atoms with E-state index in [4.69, 9.17) is 0 Å². The van der Waals surface area contributed by atoms with E-state index in [2.05, 4.69) is 10.6 Å². The number of nitrogens with one attached hydrogen (secondary N) is 2. The normalized spacial score (nSPS) is 18.5. The Bertz CT molecular complexity index is 598. The van der Waals surface area contributed by atoms with Gasteiger partial charge < -0.3 is 10.6 Å². The lowest BCUT2D eigenvalue weighted by atomic mass is 10.1. The van der Waals surface area contributed by atoms with Crippen molar-refractivity contribution in [3.05, 3.63) is 24.3 Å². The second-order valence-corrected chi connectivity index (χ2v) is 7.25. The van der Waals surface area contributed by atoms with Gasteiger partial charge in [0, 0.05) is 24.7 Å². The minimum Gasteiger partial charge on any atom is -0.326 e. The summed E-state index contributed by atoms with van der Waals surface area (Å²) in [4.78, 5) is 11.9. The quantitative estimate of drug-likeness (QED) is 0.851. The van der Waals surface area contributed by atoms with Crippen LogP contribution in [-0.2, 0) is 14.8 Å². The maximum atomic E-state index is 11.9. The zero-order valence-electron chi connectivity index (χ0n) is 12.3. The van der Waals surface area contributed by atoms with Gasteiger partial charge in [-0.3, -0.25) is 9.10 Å². The fourth-order valence-corrected chi connectivity index (χ4v) is 3.87. The number of sulfonamides is 1. The smallest absolute Gasteiger partial charge is 0.235 e. The molecule has 7 heteroatoms. The molecule has 1 saturated heterocycles. The molecular formula is C14H21N3O3S. The van der Waals surface area contributed by atoms with Crippen LogP contribution in [0.15, 0.2) is 24.3 Å². The number of anilines is 2. The average molecular weight is 311 g/mol. The number of hydrogen-bond donors (Lipinski definition) is 2. The molecule has 1 amide bonds. The molecule has 21 heavy (non-hydrogen) atoms. The number of carbonyl (C=O) groups excluding carboxylic acids is 1. The lowest BCUT2D eigenvalue weighted by molar-refractivity contribution is -0.119. The zero-order chi connectivity index (χ0) is 15.5. The van der Waals surface area contributed by atoms with Crippen molar-refractivity contribution < 1.29 is 13.2 Å². The lowest BCUT2D eigenvalue weighted by Gasteiger charge is -2.17. The van der Waals surface area contributed by atoms with Gasteiger partial charge in [0.1, 0.15) is 0 Å². The lowest BCUT2D eigenvalue weighted by Crippen LogP contribution is -2.28. The Hall–Kier alpha value is -1.60. The van der Waals surface area contributed by atoms with Crippen LogP contribution in [-0.4, -0.2) is 40.2 Å². The molecule has 0 spiro atoms. The Morgan fingerprint density at radius 2 is 2.00 bits per heavy atom. The number of nitrogens with zero attached hydrogens (tertiary/aromatic N) is 1. The van der Waals surface area contributed by atoms with E-state index in [1.807, 2.05) is 6.92 Å². The first-order chi connectivity index (χ1) is 9.94. The minimum atomic E-state index is -3.16. The van der Waals surface area contributed by atoms with Crippen molar-refractivity contribution >= 4 is 27.3 Å². The van der Waals surface area contributed by atoms with Gasteiger partial charge in [-0.05, 0) is 37.7 Å². The number of carbonyl (C=O) groups is 1. The summed E-state index contributed by atoms with van der Waals surface area (Å²) in [5, 5.41) is 5.77. The van der Waals surface area contributed by atoms with Gasteiger partial charge in [-0.1, -0.05) is 6.92 Å². The van der Waals surface area contributed by atoms with Gasteiger partial charge in [0.2, 0.25) is 15.9 Å². The van der Waals surface area contributed by atoms with Crippen molar-refractivity contribution in [2.24, 2.45) is 5.92 Å². The van der Waals surface area contributed by atoms with Crippen LogP contribution in [0.4, 0.5) is 11.4 Å². The molecule has 6 nitrogen and oxygen atoms in total. The Kier molecular flexibility index (Phi) is 4.84. The molecule has 1 aromatic carbocycles. The topological polar surface area (TPSA) is 78.5 Å². The first-order valence-electron chi connectivity index (χ1n) is 7.00. The highest BCUT2D eigenvalue weighted by Crippen LogP contribution is 2.25. The molecule has 1 aliphatic heterocycles. The molecular weight excluding hydrogens is 290 g/mol. The van der Waals surface area contributed by atoms with Crippen LogP contribution < -0.4 is 14.9 Å². The first-order valence-corrected chi connectivity index (χ1v) is 8.61. The third-order valence-electron chi connectivity index (χ3n) is 3.48. The van der Waals surface area contributed by atoms with Crippen molar-refractivity contribution in [1.29, 1.82) is 0 Å². The van der Waals surface area contributed by atoms with Crippen LogP contribution in [0, 0.1) is 5.92 Å². The van der Waals surface area contributed by atoms with Crippen LogP contribution in [0.3, 0.4) is 0 Å². The van der Waals surface area contributed by atoms with E-state index in [9.17, 15) is 13.2 Å². The van der Waals surface area contributed by atoms with Gasteiger partial charge in [0.05, 0.1) is 11.4 Å². The summed E-state index contributed by atoms with van der Waals surface area (Å²) >= 11 is 0. The summed E-state index contributed by atoms with van der Waals surface area (Å²) in [5.74, 6) is 0.00653. The van der Waals surface area contributed by atoms with Crippen molar-refractivity contribution in [3.63, 3.8) is 0 Å². The molecule has 1 aromatic rings. The Balaban J connectivity index is 2.04. The predicted molar refractivity (Wildman–Crippen MR) is 83.9 cm³/mol. The summed E-state index contributed by atoms with van der Waals surface area (Å²) in [5.41, 5.74) is 1.32. The van der Waals surface area contributed by atoms with Crippen LogP contribution >= 0.6 is 0 Å². The van der Waals surface area contributed by atoms with Gasteiger partial charge in [0.15, 0.2) is 0 Å². The van der Waals surface area contributed by atoms with Crippen molar-refractivity contribution in [3.8, 4) is 0 Å². The highest BCUT2D eigenvalue weighted by molar-refractivity contribution is 7.93. The summed E-state index contributed by atoms with van der Waals surface area (Å²) < 4.78 is 25.1. The monoisotopic (exact) mass is 311 g/mol. The SMILES string of the molecule is CNCC(C)C(=O)Nc1ccc(N2CCCS2(=O)=O)cc1. The molecule has 0 aliphatic carbocycles. The Morgan fingerprint density at radius 3 is 2.52 bits per heavy atom. The van der Waals surface area contributed by atoms with Gasteiger partial charge in [0.25, 0.3) is 0 Å². The van der Waals surface area contributed by atoms with Gasteiger partial charge in [-0.2, -0.15) is 0 Å². The highest BCUT2D eigenvalue weighted by Gasteiger charge is 2.28. The predicted octanol–water partition coefficient (Wildman–Crippen LogP) is 1.02. The Morgan fingerprint density at radius 1 is 1.33 bits per heavy atom. The number of rotatable bonds is 5. The third-order valence-corrected chi connectivity index (χ3v) is 5.35. The maximum Gasteiger partial charge on any atom is 0.235 e. The molecule has 0 radical (unpaired) electrons. The minimum absolute atomic E-state index is 0.0640. The van der Waals surface area contributed by atoms with E-state index < -0.39 is 10.0 Å². The summed E-state index contributed by atoms with van der Waals surface area (Å²) in [7, 11) is -1.36. The van der Waals surface area contributed by atoms with E-state index in [0.717, 1.165) is 0 Å². The van der Waals surface area contributed by atoms with Crippen LogP contribution in [0.5, 0.6) is 0 Å². The number of amides is 1. The molecule has 1 fully saturated rings. The molecule has 2 rings (SSSR count). The van der Waals surface area contributed by atoms with Gasteiger partial charge in [-0.25, -0.2) is 8.42 Å². The van der Waals surface area contributed by atoms with E-state index in [1.54, 1.807) is 31.3 Å². The molecule has 2 N–H and O–H groups in total. The van der Waals surface area contributed by atoms with Crippen molar-refractivity contribution in [2.75, 3.05) is 35.5 Å². The first kappa shape index (κ1) is 15.8. The highest BCUT2D eigenvalue weighted by atomic mass is 32.2. The summed E-state index contributed by atoms with van der Waals surface area (Å²) in [6, 6.07) is 6.91. The molecule has 116 valence electrons. The van der Waals surface area contributed by atoms with Crippen LogP contribution in [0.2, 0.25) is 0 Å². The van der Waals surface area contributed by atoms with E-state index in [1.165, 1.54) is 4.31 Å². The van der Waals surface area contributed by atoms with E-state index in [0.29, 0.717) is 30.9 Å². The molecule has 1 aliphatic rings. The van der Waals surface area contributed by atoms with Crippen molar-refractivity contribution in [1.82, 2.24) is 5.32 Å². The molecule has 1 atom stereocenters. The number of benzene rings is 1. The molecule has 0 bridgehead atoms. The average Bonchev–Trinajstić information content (AvgIpc) is 2.79. The van der Waals surface area contributed by atoms with Crippen LogP contribution in [0.25, 0.3) is 0 Å². The van der Waals surface area contributed by atoms with Gasteiger partial charge in [-0.15, -0.1) is 0 Å². The molecule has 1 unspecified atom stereocenters. The zero-order valence-corrected chi connectivity index (χ0v) is 13.1. The van der Waals surface area contributed by atoms with Crippen molar-refractivity contribution in [2.45, 2.75) is 13.3 Å². The second-order valence-electron chi connectivity index (χ2n) is 5.24. The fourth-order valence-electron chi connectivity index (χ4n) is 2.30. The largest absolute Gasteiger partial charge is 0.326 e. The third kappa shape index (κ3) is 3.74. The summed E-state index contributed by atoms with van der Waals surface area (Å²) in [6.07, 6.45) is 0.655. The number of hydrogen-bond acceptors (Lipinski definition) is 4. The molecule has 0 aromatic heterocycles.